The van der Waals surface area contributed by atoms with Crippen LogP contribution in [0.15, 0.2) is 30.6 Å². The Morgan fingerprint density at radius 1 is 1.27 bits per heavy atom. The minimum atomic E-state index is -0.00444. The van der Waals surface area contributed by atoms with E-state index < -0.39 is 0 Å². The second-order valence-electron chi connectivity index (χ2n) is 4.62. The summed E-state index contributed by atoms with van der Waals surface area (Å²) < 4.78 is 0. The molecule has 0 radical (unpaired) electrons. The lowest BCUT2D eigenvalue weighted by Crippen LogP contribution is -2.24. The van der Waals surface area contributed by atoms with Crippen LogP contribution in [0.1, 0.15) is 19.8 Å². The Balaban J connectivity index is 0. The number of hydrogen-bond acceptors (Lipinski definition) is 5. The minimum Gasteiger partial charge on any atom is -0.348 e. The number of aldehydes is 1. The monoisotopic (exact) mass is 310 g/mol. The van der Waals surface area contributed by atoms with Gasteiger partial charge in [-0.25, -0.2) is 0 Å². The molecular weight excluding hydrogens is 280 g/mol. The quantitative estimate of drug-likeness (QED) is 0.551. The smallest absolute Gasteiger partial charge is 0.209 e. The van der Waals surface area contributed by atoms with Crippen LogP contribution in [0.3, 0.4) is 0 Å². The summed E-state index contributed by atoms with van der Waals surface area (Å²) in [7, 11) is 3.59. The Morgan fingerprint density at radius 3 is 2.14 bits per heavy atom. The van der Waals surface area contributed by atoms with Crippen LogP contribution in [0.2, 0.25) is 0 Å². The highest BCUT2D eigenvalue weighted by atomic mass is 16.1. The maximum Gasteiger partial charge on any atom is 0.209 e. The van der Waals surface area contributed by atoms with Crippen molar-refractivity contribution in [3.8, 4) is 0 Å². The maximum absolute atomic E-state index is 10.2. The van der Waals surface area contributed by atoms with Gasteiger partial charge in [-0.2, -0.15) is 0 Å². The first-order valence-corrected chi connectivity index (χ1v) is 7.46. The zero-order chi connectivity index (χ0) is 17.1. The molecule has 3 N–H and O–H groups in total. The molecule has 1 atom stereocenters. The van der Waals surface area contributed by atoms with E-state index in [-0.39, 0.29) is 5.92 Å². The second kappa shape index (κ2) is 19.2. The van der Waals surface area contributed by atoms with Crippen molar-refractivity contribution in [1.82, 2.24) is 15.2 Å². The molecule has 6 nitrogen and oxygen atoms in total. The highest BCUT2D eigenvalue weighted by Crippen LogP contribution is 1.98. The first kappa shape index (κ1) is 22.5. The lowest BCUT2D eigenvalue weighted by atomic mass is 10.1. The van der Waals surface area contributed by atoms with Gasteiger partial charge in [0, 0.05) is 31.9 Å². The van der Waals surface area contributed by atoms with Crippen molar-refractivity contribution >= 4 is 12.7 Å². The standard InChI is InChI=1S/C7H13NO2.C5H5N.C4H12N2/c1-3-7(5-9)4-8(2)6-10;1-2-4-6-5-3-1;1-6-4-2-3-5/h5-7H,3-4H2,1-2H3;1-5H;6H,2-5H2,1H3. The van der Waals surface area contributed by atoms with Gasteiger partial charge >= 0.3 is 0 Å². The SMILES string of the molecule is CCC(C=O)CN(C)C=O.CNCCCN.c1ccncc1. The molecule has 1 unspecified atom stereocenters. The van der Waals surface area contributed by atoms with Crippen molar-refractivity contribution in [1.29, 1.82) is 0 Å². The summed E-state index contributed by atoms with van der Waals surface area (Å²) in [6.07, 6.45) is 6.99. The highest BCUT2D eigenvalue weighted by molar-refractivity contribution is 5.55. The summed E-state index contributed by atoms with van der Waals surface area (Å²) >= 11 is 0. The van der Waals surface area contributed by atoms with Gasteiger partial charge in [0.05, 0.1) is 0 Å². The predicted molar refractivity (Wildman–Crippen MR) is 90.4 cm³/mol. The van der Waals surface area contributed by atoms with Gasteiger partial charge in [0.1, 0.15) is 6.29 Å². The van der Waals surface area contributed by atoms with E-state index in [0.717, 1.165) is 38.6 Å². The number of carbonyl (C=O) groups is 2. The summed E-state index contributed by atoms with van der Waals surface area (Å²) in [4.78, 5) is 25.6. The number of nitrogens with one attached hydrogen (secondary N) is 1. The normalized spacial score (nSPS) is 10.2. The Hall–Kier alpha value is -1.79. The second-order valence-corrected chi connectivity index (χ2v) is 4.62. The van der Waals surface area contributed by atoms with E-state index in [1.165, 1.54) is 4.90 Å². The average molecular weight is 310 g/mol. The Morgan fingerprint density at radius 2 is 1.91 bits per heavy atom. The van der Waals surface area contributed by atoms with Crippen molar-refractivity contribution in [2.45, 2.75) is 19.8 Å². The van der Waals surface area contributed by atoms with E-state index in [9.17, 15) is 9.59 Å². The van der Waals surface area contributed by atoms with E-state index in [2.05, 4.69) is 10.3 Å². The molecule has 0 saturated carbocycles. The molecule has 0 aromatic carbocycles. The van der Waals surface area contributed by atoms with Crippen molar-refractivity contribution in [3.63, 3.8) is 0 Å². The lowest BCUT2D eigenvalue weighted by Gasteiger charge is -2.13. The fourth-order valence-corrected chi connectivity index (χ4v) is 1.27. The molecule has 0 aliphatic heterocycles. The van der Waals surface area contributed by atoms with Gasteiger partial charge in [0.25, 0.3) is 0 Å². The molecular formula is C16H30N4O2. The van der Waals surface area contributed by atoms with Crippen LogP contribution in [-0.2, 0) is 9.59 Å². The molecule has 0 spiro atoms. The average Bonchev–Trinajstić information content (AvgIpc) is 2.60. The van der Waals surface area contributed by atoms with Crippen LogP contribution in [0.5, 0.6) is 0 Å². The number of carbonyl (C=O) groups excluding carboxylic acids is 2. The first-order chi connectivity index (χ1) is 10.7. The molecule has 0 saturated heterocycles. The number of nitrogens with zero attached hydrogens (tertiary/aromatic N) is 2. The van der Waals surface area contributed by atoms with Crippen LogP contribution >= 0.6 is 0 Å². The van der Waals surface area contributed by atoms with Gasteiger partial charge in [-0.1, -0.05) is 13.0 Å². The van der Waals surface area contributed by atoms with E-state index in [0.29, 0.717) is 6.54 Å². The number of hydrogen-bond donors (Lipinski definition) is 2. The van der Waals surface area contributed by atoms with E-state index in [1.807, 2.05) is 32.2 Å². The van der Waals surface area contributed by atoms with Gasteiger partial charge in [-0.3, -0.25) is 9.78 Å². The van der Waals surface area contributed by atoms with Crippen LogP contribution in [0.25, 0.3) is 0 Å². The first-order valence-electron chi connectivity index (χ1n) is 7.46. The van der Waals surface area contributed by atoms with Crippen molar-refractivity contribution in [2.24, 2.45) is 11.7 Å². The van der Waals surface area contributed by atoms with Gasteiger partial charge < -0.3 is 20.7 Å². The lowest BCUT2D eigenvalue weighted by molar-refractivity contribution is -0.118. The summed E-state index contributed by atoms with van der Waals surface area (Å²) in [5.41, 5.74) is 5.17. The molecule has 22 heavy (non-hydrogen) atoms. The fourth-order valence-electron chi connectivity index (χ4n) is 1.27. The number of aromatic nitrogens is 1. The Labute approximate surface area is 134 Å². The number of amides is 1. The molecule has 1 heterocycles. The molecule has 0 aliphatic rings. The van der Waals surface area contributed by atoms with Crippen molar-refractivity contribution in [3.05, 3.63) is 30.6 Å². The van der Waals surface area contributed by atoms with E-state index >= 15 is 0 Å². The van der Waals surface area contributed by atoms with Crippen LogP contribution in [0.4, 0.5) is 0 Å². The number of rotatable bonds is 8. The molecule has 126 valence electrons. The van der Waals surface area contributed by atoms with Crippen LogP contribution in [-0.4, -0.2) is 56.3 Å². The predicted octanol–water partition coefficient (Wildman–Crippen LogP) is 0.936. The molecule has 1 rings (SSSR count). The van der Waals surface area contributed by atoms with E-state index in [4.69, 9.17) is 5.73 Å². The largest absolute Gasteiger partial charge is 0.348 e. The third-order valence-electron chi connectivity index (χ3n) is 2.62. The van der Waals surface area contributed by atoms with Gasteiger partial charge in [0.2, 0.25) is 6.41 Å². The maximum atomic E-state index is 10.2. The topological polar surface area (TPSA) is 88.3 Å². The van der Waals surface area contributed by atoms with Crippen molar-refractivity contribution in [2.75, 3.05) is 33.7 Å². The van der Waals surface area contributed by atoms with Gasteiger partial charge in [-0.05, 0) is 45.1 Å². The Bertz CT molecular complexity index is 305. The zero-order valence-electron chi connectivity index (χ0n) is 13.9. The van der Waals surface area contributed by atoms with E-state index in [1.54, 1.807) is 19.4 Å². The molecule has 6 heteroatoms. The zero-order valence-corrected chi connectivity index (χ0v) is 13.9. The third-order valence-corrected chi connectivity index (χ3v) is 2.62. The summed E-state index contributed by atoms with van der Waals surface area (Å²) in [5, 5.41) is 2.99. The summed E-state index contributed by atoms with van der Waals surface area (Å²) in [6, 6.07) is 5.72. The molecule has 1 aromatic rings. The summed E-state index contributed by atoms with van der Waals surface area (Å²) in [5.74, 6) is -0.00444. The molecule has 0 bridgehead atoms. The minimum absolute atomic E-state index is 0.00444. The highest BCUT2D eigenvalue weighted by Gasteiger charge is 2.05. The number of nitrogens with two attached hydrogens (primary N) is 1. The van der Waals surface area contributed by atoms with Gasteiger partial charge in [0.15, 0.2) is 0 Å². The van der Waals surface area contributed by atoms with Crippen molar-refractivity contribution < 1.29 is 9.59 Å². The van der Waals surface area contributed by atoms with Gasteiger partial charge in [-0.15, -0.1) is 0 Å². The van der Waals surface area contributed by atoms with Crippen LogP contribution < -0.4 is 11.1 Å². The third kappa shape index (κ3) is 18.2. The number of pyridine rings is 1. The fraction of sp³-hybridized carbons (Fsp3) is 0.562. The molecule has 0 aliphatic carbocycles. The molecule has 1 amide bonds. The molecule has 1 aromatic heterocycles. The molecule has 0 fully saturated rings. The summed E-state index contributed by atoms with van der Waals surface area (Å²) in [6.45, 7) is 4.29. The van der Waals surface area contributed by atoms with Crippen LogP contribution in [0, 0.1) is 5.92 Å². The Kier molecular flexibility index (Phi) is 19.6.